The second-order valence-electron chi connectivity index (χ2n) is 12.5. The number of nitrogens with zero attached hydrogens (tertiary/aromatic N) is 1. The number of hydrogen-bond acceptors (Lipinski definition) is 2. The second-order valence-corrected chi connectivity index (χ2v) is 12.5. The summed E-state index contributed by atoms with van der Waals surface area (Å²) in [7, 11) is 0. The molecule has 0 spiro atoms. The standard InChI is InChI=1S/C38H33NO/c1-3-11-30(12-4-1)39(31-13-5-2-6-14-31)34-16-15-32(36-28-18-24-17-25(20-28)21-29(36)19-24)38-37(34)33-22-26-9-7-8-10-27(26)23-35(33)40-38/h1-16,22-25,28-29,36H,17-21H2/i23D. The highest BCUT2D eigenvalue weighted by Crippen LogP contribution is 2.61. The maximum Gasteiger partial charge on any atom is 0.141 e. The highest BCUT2D eigenvalue weighted by molar-refractivity contribution is 6.17. The van der Waals surface area contributed by atoms with Gasteiger partial charge in [-0.1, -0.05) is 66.7 Å². The lowest BCUT2D eigenvalue weighted by Crippen LogP contribution is -2.43. The topological polar surface area (TPSA) is 16.4 Å². The summed E-state index contributed by atoms with van der Waals surface area (Å²) in [5.41, 5.74) is 6.41. The minimum absolute atomic E-state index is 0.488. The molecule has 0 saturated heterocycles. The Hall–Kier alpha value is -4.04. The molecule has 4 fully saturated rings. The molecule has 0 unspecified atom stereocenters. The van der Waals surface area contributed by atoms with Crippen LogP contribution in [0.5, 0.6) is 0 Å². The fraction of sp³-hybridized carbons (Fsp3) is 0.263. The van der Waals surface area contributed by atoms with Crippen LogP contribution in [0.4, 0.5) is 17.1 Å². The van der Waals surface area contributed by atoms with E-state index in [-0.39, 0.29) is 0 Å². The van der Waals surface area contributed by atoms with Crippen LogP contribution >= 0.6 is 0 Å². The van der Waals surface area contributed by atoms with Crippen LogP contribution in [0.25, 0.3) is 32.7 Å². The lowest BCUT2D eigenvalue weighted by molar-refractivity contribution is -0.00256. The summed E-state index contributed by atoms with van der Waals surface area (Å²) in [6, 6.07) is 37.0. The first-order valence-corrected chi connectivity index (χ1v) is 15.0. The zero-order chi connectivity index (χ0) is 27.1. The van der Waals surface area contributed by atoms with E-state index in [0.717, 1.165) is 67.9 Å². The summed E-state index contributed by atoms with van der Waals surface area (Å²) in [5.74, 6) is 3.90. The molecular formula is C38H33NO. The van der Waals surface area contributed by atoms with Crippen LogP contribution in [0.1, 0.15) is 45.0 Å². The normalized spacial score (nSPS) is 25.6. The van der Waals surface area contributed by atoms with Crippen molar-refractivity contribution in [1.82, 2.24) is 0 Å². The first-order valence-electron chi connectivity index (χ1n) is 15.5. The van der Waals surface area contributed by atoms with Crippen molar-refractivity contribution in [3.63, 3.8) is 0 Å². The predicted octanol–water partition coefficient (Wildman–Crippen LogP) is 10.7. The third-order valence-electron chi connectivity index (χ3n) is 10.2. The molecule has 1 heterocycles. The molecule has 0 aliphatic heterocycles. The molecule has 5 aromatic carbocycles. The average Bonchev–Trinajstić information content (AvgIpc) is 3.39. The Balaban J connectivity index is 1.36. The van der Waals surface area contributed by atoms with Crippen LogP contribution in [0.15, 0.2) is 114 Å². The van der Waals surface area contributed by atoms with Gasteiger partial charge in [-0.05, 0) is 120 Å². The van der Waals surface area contributed by atoms with Crippen LogP contribution in [0.3, 0.4) is 0 Å². The van der Waals surface area contributed by atoms with Crippen molar-refractivity contribution in [2.24, 2.45) is 23.7 Å². The molecule has 0 N–H and O–H groups in total. The molecule has 10 rings (SSSR count). The average molecular weight is 521 g/mol. The van der Waals surface area contributed by atoms with Gasteiger partial charge in [0.1, 0.15) is 11.2 Å². The Labute approximate surface area is 236 Å². The number of fused-ring (bicyclic) bond motifs is 4. The molecule has 0 radical (unpaired) electrons. The molecule has 2 heteroatoms. The van der Waals surface area contributed by atoms with Crippen molar-refractivity contribution in [3.8, 4) is 0 Å². The van der Waals surface area contributed by atoms with E-state index in [1.165, 1.54) is 37.7 Å². The Morgan fingerprint density at radius 3 is 1.90 bits per heavy atom. The maximum atomic E-state index is 9.24. The molecule has 0 amide bonds. The molecule has 6 aromatic rings. The minimum atomic E-state index is 0.488. The van der Waals surface area contributed by atoms with Gasteiger partial charge in [0.05, 0.1) is 12.4 Å². The van der Waals surface area contributed by atoms with Crippen molar-refractivity contribution < 1.29 is 5.79 Å². The SMILES string of the molecule is [2H]c1c2ccccc2cc2c1oc1c(C3C4CC5CC(C4)CC3C5)ccc(N(c3ccccc3)c3ccccc3)c12. The molecule has 40 heavy (non-hydrogen) atoms. The zero-order valence-corrected chi connectivity index (χ0v) is 22.6. The number of rotatable bonds is 4. The van der Waals surface area contributed by atoms with Gasteiger partial charge >= 0.3 is 0 Å². The Kier molecular flexibility index (Phi) is 4.75. The molecule has 2 nitrogen and oxygen atoms in total. The number of anilines is 3. The van der Waals surface area contributed by atoms with Crippen LogP contribution in [-0.2, 0) is 0 Å². The third kappa shape index (κ3) is 3.41. The quantitative estimate of drug-likeness (QED) is 0.230. The van der Waals surface area contributed by atoms with E-state index in [1.54, 1.807) is 0 Å². The summed E-state index contributed by atoms with van der Waals surface area (Å²) in [6.45, 7) is 0. The number of hydrogen-bond donors (Lipinski definition) is 0. The van der Waals surface area contributed by atoms with Gasteiger partial charge < -0.3 is 9.32 Å². The van der Waals surface area contributed by atoms with Crippen LogP contribution in [-0.4, -0.2) is 0 Å². The van der Waals surface area contributed by atoms with Crippen molar-refractivity contribution in [1.29, 1.82) is 0 Å². The Morgan fingerprint density at radius 2 is 1.25 bits per heavy atom. The Morgan fingerprint density at radius 1 is 0.650 bits per heavy atom. The van der Waals surface area contributed by atoms with Gasteiger partial charge in [-0.15, -0.1) is 0 Å². The summed E-state index contributed by atoms with van der Waals surface area (Å²) < 4.78 is 16.2. The van der Waals surface area contributed by atoms with Crippen LogP contribution in [0.2, 0.25) is 0 Å². The van der Waals surface area contributed by atoms with E-state index >= 15 is 0 Å². The molecular weight excluding hydrogens is 486 g/mol. The Bertz CT molecular complexity index is 1860. The molecule has 1 aromatic heterocycles. The fourth-order valence-electron chi connectivity index (χ4n) is 8.94. The number of benzene rings is 5. The second kappa shape index (κ2) is 8.73. The van der Waals surface area contributed by atoms with Crippen molar-refractivity contribution in [3.05, 3.63) is 115 Å². The molecule has 196 valence electrons. The molecule has 4 bridgehead atoms. The monoisotopic (exact) mass is 520 g/mol. The van der Waals surface area contributed by atoms with Crippen molar-refractivity contribution in [2.75, 3.05) is 4.90 Å². The number of furan rings is 1. The highest BCUT2D eigenvalue weighted by atomic mass is 16.3. The van der Waals surface area contributed by atoms with Gasteiger partial charge in [0.25, 0.3) is 0 Å². The highest BCUT2D eigenvalue weighted by Gasteiger charge is 2.49. The largest absolute Gasteiger partial charge is 0.456 e. The third-order valence-corrected chi connectivity index (χ3v) is 10.2. The van der Waals surface area contributed by atoms with Crippen molar-refractivity contribution in [2.45, 2.75) is 38.0 Å². The van der Waals surface area contributed by atoms with E-state index in [2.05, 4.69) is 95.9 Å². The van der Waals surface area contributed by atoms with Crippen LogP contribution in [0, 0.1) is 23.7 Å². The molecule has 4 aliphatic rings. The predicted molar refractivity (Wildman–Crippen MR) is 166 cm³/mol. The minimum Gasteiger partial charge on any atom is -0.456 e. The maximum absolute atomic E-state index is 9.24. The zero-order valence-electron chi connectivity index (χ0n) is 23.6. The smallest absolute Gasteiger partial charge is 0.141 e. The van der Waals surface area contributed by atoms with Gasteiger partial charge in [0.15, 0.2) is 0 Å². The van der Waals surface area contributed by atoms with Gasteiger partial charge in [-0.25, -0.2) is 0 Å². The number of para-hydroxylation sites is 2. The lowest BCUT2D eigenvalue weighted by Gasteiger charge is -2.54. The lowest BCUT2D eigenvalue weighted by atomic mass is 9.50. The summed E-state index contributed by atoms with van der Waals surface area (Å²) in [4.78, 5) is 2.36. The van der Waals surface area contributed by atoms with Gasteiger partial charge in [0, 0.05) is 16.8 Å². The fourth-order valence-corrected chi connectivity index (χ4v) is 8.94. The van der Waals surface area contributed by atoms with E-state index in [4.69, 9.17) is 4.42 Å². The van der Waals surface area contributed by atoms with E-state index in [1.807, 2.05) is 12.1 Å². The van der Waals surface area contributed by atoms with E-state index in [0.29, 0.717) is 17.5 Å². The first kappa shape index (κ1) is 21.7. The summed E-state index contributed by atoms with van der Waals surface area (Å²) in [6.07, 6.45) is 6.93. The van der Waals surface area contributed by atoms with E-state index in [9.17, 15) is 1.37 Å². The molecule has 4 aliphatic carbocycles. The van der Waals surface area contributed by atoms with Crippen molar-refractivity contribution >= 4 is 49.8 Å². The van der Waals surface area contributed by atoms with Crippen LogP contribution < -0.4 is 4.90 Å². The van der Waals surface area contributed by atoms with E-state index < -0.39 is 0 Å². The van der Waals surface area contributed by atoms with Gasteiger partial charge in [-0.2, -0.15) is 0 Å². The van der Waals surface area contributed by atoms with Gasteiger partial charge in [-0.3, -0.25) is 0 Å². The molecule has 4 saturated carbocycles. The summed E-state index contributed by atoms with van der Waals surface area (Å²) in [5, 5.41) is 4.21. The van der Waals surface area contributed by atoms with Gasteiger partial charge in [0.2, 0.25) is 0 Å². The first-order chi connectivity index (χ1) is 20.2. The molecule has 0 atom stereocenters. The summed E-state index contributed by atoms with van der Waals surface area (Å²) >= 11 is 0.